The van der Waals surface area contributed by atoms with E-state index in [4.69, 9.17) is 5.11 Å². The number of carbonyl (C=O) groups excluding carboxylic acids is 2. The van der Waals surface area contributed by atoms with Gasteiger partial charge in [0.25, 0.3) is 5.91 Å². The molecule has 2 heterocycles. The third kappa shape index (κ3) is 2.81. The fraction of sp³-hybridized carbons (Fsp3) is 0.190. The molecule has 0 bridgehead atoms. The second kappa shape index (κ2) is 6.53. The Hall–Kier alpha value is -3.61. The van der Waals surface area contributed by atoms with Gasteiger partial charge in [0, 0.05) is 12.7 Å². The molecule has 0 fully saturated rings. The van der Waals surface area contributed by atoms with Crippen LogP contribution in [0.25, 0.3) is 0 Å². The SMILES string of the molecule is Cc1ccc(C2NC(=O)N(C)C3=C2C(=O)N(c2ccc(C(=O)O)cc2)C3)cc1. The van der Waals surface area contributed by atoms with Gasteiger partial charge in [-0.2, -0.15) is 0 Å². The minimum absolute atomic E-state index is 0.152. The molecule has 3 amide bonds. The number of nitrogens with one attached hydrogen (secondary N) is 1. The van der Waals surface area contributed by atoms with Crippen molar-refractivity contribution in [2.45, 2.75) is 13.0 Å². The Labute approximate surface area is 161 Å². The van der Waals surface area contributed by atoms with Gasteiger partial charge in [-0.3, -0.25) is 9.69 Å². The molecule has 7 heteroatoms. The maximum absolute atomic E-state index is 13.2. The van der Waals surface area contributed by atoms with Crippen LogP contribution in [-0.2, 0) is 4.79 Å². The van der Waals surface area contributed by atoms with Gasteiger partial charge in [0.2, 0.25) is 0 Å². The number of nitrogens with zero attached hydrogens (tertiary/aromatic N) is 2. The first-order valence-corrected chi connectivity index (χ1v) is 8.86. The second-order valence-electron chi connectivity index (χ2n) is 6.96. The molecule has 4 rings (SSSR count). The van der Waals surface area contributed by atoms with Crippen LogP contribution in [0.2, 0.25) is 0 Å². The van der Waals surface area contributed by atoms with Gasteiger partial charge in [0.1, 0.15) is 0 Å². The van der Waals surface area contributed by atoms with Crippen molar-refractivity contribution in [1.29, 1.82) is 0 Å². The van der Waals surface area contributed by atoms with Crippen LogP contribution in [0.4, 0.5) is 10.5 Å². The fourth-order valence-electron chi connectivity index (χ4n) is 3.57. The smallest absolute Gasteiger partial charge is 0.335 e. The fourth-order valence-corrected chi connectivity index (χ4v) is 3.57. The Morgan fingerprint density at radius 3 is 2.32 bits per heavy atom. The van der Waals surface area contributed by atoms with Crippen LogP contribution in [-0.4, -0.2) is 41.5 Å². The van der Waals surface area contributed by atoms with Crippen molar-refractivity contribution in [3.8, 4) is 0 Å². The second-order valence-corrected chi connectivity index (χ2v) is 6.96. The predicted octanol–water partition coefficient (Wildman–Crippen LogP) is 2.69. The highest BCUT2D eigenvalue weighted by molar-refractivity contribution is 6.11. The Morgan fingerprint density at radius 2 is 1.71 bits per heavy atom. The summed E-state index contributed by atoms with van der Waals surface area (Å²) in [6.07, 6.45) is 0. The largest absolute Gasteiger partial charge is 0.478 e. The molecule has 2 N–H and O–H groups in total. The number of amides is 3. The van der Waals surface area contributed by atoms with Crippen molar-refractivity contribution < 1.29 is 19.5 Å². The first kappa shape index (κ1) is 17.8. The quantitative estimate of drug-likeness (QED) is 0.861. The molecule has 1 atom stereocenters. The molecule has 1 unspecified atom stereocenters. The molecular weight excluding hydrogens is 358 g/mol. The monoisotopic (exact) mass is 377 g/mol. The molecule has 0 saturated heterocycles. The summed E-state index contributed by atoms with van der Waals surface area (Å²) in [5.41, 5.74) is 3.87. The van der Waals surface area contributed by atoms with Gasteiger partial charge in [-0.15, -0.1) is 0 Å². The van der Waals surface area contributed by atoms with Gasteiger partial charge in [-0.25, -0.2) is 9.59 Å². The van der Waals surface area contributed by atoms with Gasteiger partial charge in [-0.1, -0.05) is 29.8 Å². The molecule has 0 radical (unpaired) electrons. The van der Waals surface area contributed by atoms with Crippen molar-refractivity contribution in [1.82, 2.24) is 10.2 Å². The highest BCUT2D eigenvalue weighted by Gasteiger charge is 2.43. The number of aryl methyl sites for hydroxylation is 1. The van der Waals surface area contributed by atoms with Crippen molar-refractivity contribution in [2.24, 2.45) is 0 Å². The number of hydrogen-bond donors (Lipinski definition) is 2. The van der Waals surface area contributed by atoms with Crippen LogP contribution in [0.3, 0.4) is 0 Å². The topological polar surface area (TPSA) is 90.0 Å². The number of carbonyl (C=O) groups is 3. The lowest BCUT2D eigenvalue weighted by atomic mass is 9.95. The maximum Gasteiger partial charge on any atom is 0.335 e. The van der Waals surface area contributed by atoms with E-state index in [1.807, 2.05) is 31.2 Å². The Bertz CT molecular complexity index is 1010. The van der Waals surface area contributed by atoms with E-state index in [-0.39, 0.29) is 24.0 Å². The van der Waals surface area contributed by atoms with Crippen molar-refractivity contribution in [3.63, 3.8) is 0 Å². The summed E-state index contributed by atoms with van der Waals surface area (Å²) < 4.78 is 0. The lowest BCUT2D eigenvalue weighted by Gasteiger charge is -2.31. The molecule has 2 aliphatic heterocycles. The van der Waals surface area contributed by atoms with Crippen molar-refractivity contribution in [2.75, 3.05) is 18.5 Å². The van der Waals surface area contributed by atoms with E-state index in [1.54, 1.807) is 24.1 Å². The van der Waals surface area contributed by atoms with Crippen LogP contribution in [0.5, 0.6) is 0 Å². The molecule has 2 aromatic rings. The first-order valence-electron chi connectivity index (χ1n) is 8.86. The minimum Gasteiger partial charge on any atom is -0.478 e. The number of hydrogen-bond acceptors (Lipinski definition) is 3. The van der Waals surface area contributed by atoms with Crippen LogP contribution in [0.15, 0.2) is 59.8 Å². The normalized spacial score (nSPS) is 19.0. The molecule has 0 spiro atoms. The van der Waals surface area contributed by atoms with Crippen LogP contribution < -0.4 is 10.2 Å². The van der Waals surface area contributed by atoms with E-state index in [0.29, 0.717) is 17.0 Å². The summed E-state index contributed by atoms with van der Waals surface area (Å²) in [6, 6.07) is 13.1. The molecule has 0 saturated carbocycles. The van der Waals surface area contributed by atoms with Crippen LogP contribution >= 0.6 is 0 Å². The molecule has 28 heavy (non-hydrogen) atoms. The average Bonchev–Trinajstić information content (AvgIpc) is 3.03. The predicted molar refractivity (Wildman–Crippen MR) is 103 cm³/mol. The number of carboxylic acids is 1. The number of benzene rings is 2. The van der Waals surface area contributed by atoms with E-state index in [2.05, 4.69) is 5.32 Å². The van der Waals surface area contributed by atoms with E-state index in [0.717, 1.165) is 11.1 Å². The summed E-state index contributed by atoms with van der Waals surface area (Å²) in [5.74, 6) is -1.22. The number of urea groups is 1. The van der Waals surface area contributed by atoms with Crippen LogP contribution in [0, 0.1) is 6.92 Å². The number of rotatable bonds is 3. The van der Waals surface area contributed by atoms with Crippen LogP contribution in [0.1, 0.15) is 27.5 Å². The Morgan fingerprint density at radius 1 is 1.07 bits per heavy atom. The zero-order chi connectivity index (χ0) is 20.0. The lowest BCUT2D eigenvalue weighted by Crippen LogP contribution is -2.45. The van der Waals surface area contributed by atoms with Gasteiger partial charge in [0.05, 0.1) is 29.4 Å². The summed E-state index contributed by atoms with van der Waals surface area (Å²) in [6.45, 7) is 2.23. The van der Waals surface area contributed by atoms with Crippen molar-refractivity contribution in [3.05, 3.63) is 76.5 Å². The molecular formula is C21H19N3O4. The lowest BCUT2D eigenvalue weighted by molar-refractivity contribution is -0.114. The highest BCUT2D eigenvalue weighted by atomic mass is 16.4. The third-order valence-corrected chi connectivity index (χ3v) is 5.20. The molecule has 0 aromatic heterocycles. The molecule has 7 nitrogen and oxygen atoms in total. The van der Waals surface area contributed by atoms with E-state index >= 15 is 0 Å². The minimum atomic E-state index is -1.02. The zero-order valence-corrected chi connectivity index (χ0v) is 15.5. The Balaban J connectivity index is 1.71. The maximum atomic E-state index is 13.2. The van der Waals surface area contributed by atoms with Gasteiger partial charge in [-0.05, 0) is 36.8 Å². The standard InChI is InChI=1S/C21H19N3O4/c1-12-3-5-13(6-4-12)18-17-16(23(2)21(28)22-18)11-24(19(17)25)15-9-7-14(8-10-15)20(26)27/h3-10,18H,11H2,1-2H3,(H,22,28)(H,26,27). The summed E-state index contributed by atoms with van der Waals surface area (Å²) in [5, 5.41) is 12.0. The van der Waals surface area contributed by atoms with Gasteiger partial charge < -0.3 is 15.3 Å². The first-order chi connectivity index (χ1) is 13.4. The number of carboxylic acid groups (broad SMARTS) is 1. The summed E-state index contributed by atoms with van der Waals surface area (Å²) in [4.78, 5) is 39.8. The molecule has 2 aliphatic rings. The number of anilines is 1. The van der Waals surface area contributed by atoms with E-state index in [9.17, 15) is 14.4 Å². The van der Waals surface area contributed by atoms with Crippen molar-refractivity contribution >= 4 is 23.6 Å². The number of likely N-dealkylation sites (N-methyl/N-ethyl adjacent to an activating group) is 1. The van der Waals surface area contributed by atoms with E-state index < -0.39 is 12.0 Å². The third-order valence-electron chi connectivity index (χ3n) is 5.20. The zero-order valence-electron chi connectivity index (χ0n) is 15.5. The summed E-state index contributed by atoms with van der Waals surface area (Å²) >= 11 is 0. The van der Waals surface area contributed by atoms with Gasteiger partial charge >= 0.3 is 12.0 Å². The number of aromatic carboxylic acids is 1. The molecule has 2 aromatic carbocycles. The molecule has 142 valence electrons. The van der Waals surface area contributed by atoms with E-state index in [1.165, 1.54) is 17.0 Å². The Kier molecular flexibility index (Phi) is 4.15. The molecule has 0 aliphatic carbocycles. The summed E-state index contributed by atoms with van der Waals surface area (Å²) in [7, 11) is 1.64. The average molecular weight is 377 g/mol. The van der Waals surface area contributed by atoms with Gasteiger partial charge in [0.15, 0.2) is 0 Å². The highest BCUT2D eigenvalue weighted by Crippen LogP contribution is 2.37.